The molecule has 0 atom stereocenters. The molecule has 114 valence electrons. The first-order valence-electron chi connectivity index (χ1n) is 5.70. The highest BCUT2D eigenvalue weighted by Gasteiger charge is 2.32. The predicted octanol–water partition coefficient (Wildman–Crippen LogP) is -0.685. The van der Waals surface area contributed by atoms with Crippen molar-refractivity contribution >= 4 is 16.0 Å². The van der Waals surface area contributed by atoms with Crippen molar-refractivity contribution in [2.45, 2.75) is 24.8 Å². The summed E-state index contributed by atoms with van der Waals surface area (Å²) in [6, 6.07) is -1.07. The van der Waals surface area contributed by atoms with Gasteiger partial charge in [-0.15, -0.1) is 0 Å². The lowest BCUT2D eigenvalue weighted by Gasteiger charge is -2.14. The number of rotatable bonds is 6. The molecule has 0 aromatic carbocycles. The zero-order valence-corrected chi connectivity index (χ0v) is 12.2. The fraction of sp³-hybridized carbons (Fsp3) is 0.545. The quantitative estimate of drug-likeness (QED) is 0.594. The number of aryl methyl sites for hydroxylation is 2. The molecule has 0 saturated heterocycles. The average molecular weight is 307 g/mol. The van der Waals surface area contributed by atoms with Crippen LogP contribution in [0.5, 0.6) is 0 Å². The van der Waals surface area contributed by atoms with Crippen molar-refractivity contribution in [3.05, 3.63) is 17.1 Å². The third-order valence-electron chi connectivity index (χ3n) is 2.63. The molecule has 0 radical (unpaired) electrons. The third kappa shape index (κ3) is 3.18. The summed E-state index contributed by atoms with van der Waals surface area (Å²) in [7, 11) is -3.02. The standard InChI is InChI=1S/C11H17NO7S/c1-6-9(11(15)18-3)10(7(2)19-6)20(16,17)12-8(4-13)5-14/h8,12-14H,4-5H2,1-3H3. The van der Waals surface area contributed by atoms with E-state index in [-0.39, 0.29) is 22.0 Å². The van der Waals surface area contributed by atoms with Crippen LogP contribution in [-0.2, 0) is 14.8 Å². The lowest BCUT2D eigenvalue weighted by Crippen LogP contribution is -2.40. The zero-order chi connectivity index (χ0) is 15.5. The fourth-order valence-corrected chi connectivity index (χ4v) is 3.36. The van der Waals surface area contributed by atoms with Crippen LogP contribution in [0, 0.1) is 13.8 Å². The molecule has 1 aromatic rings. The topological polar surface area (TPSA) is 126 Å². The maximum absolute atomic E-state index is 12.2. The van der Waals surface area contributed by atoms with Crippen molar-refractivity contribution < 1.29 is 32.6 Å². The van der Waals surface area contributed by atoms with Gasteiger partial charge in [0.2, 0.25) is 10.0 Å². The van der Waals surface area contributed by atoms with Crippen LogP contribution in [0.3, 0.4) is 0 Å². The Morgan fingerprint density at radius 2 is 1.85 bits per heavy atom. The summed E-state index contributed by atoms with van der Waals surface area (Å²) < 4.78 is 36.2. The van der Waals surface area contributed by atoms with Gasteiger partial charge < -0.3 is 19.4 Å². The zero-order valence-electron chi connectivity index (χ0n) is 11.3. The minimum Gasteiger partial charge on any atom is -0.465 e. The van der Waals surface area contributed by atoms with Gasteiger partial charge in [-0.2, -0.15) is 0 Å². The maximum atomic E-state index is 12.2. The minimum atomic E-state index is -4.14. The molecular weight excluding hydrogens is 290 g/mol. The van der Waals surface area contributed by atoms with E-state index in [1.54, 1.807) is 0 Å². The molecule has 0 amide bonds. The number of carbonyl (C=O) groups is 1. The number of hydrogen-bond donors (Lipinski definition) is 3. The molecule has 1 aromatic heterocycles. The van der Waals surface area contributed by atoms with E-state index < -0.39 is 35.2 Å². The number of sulfonamides is 1. The highest BCUT2D eigenvalue weighted by molar-refractivity contribution is 7.89. The van der Waals surface area contributed by atoms with Gasteiger partial charge in [-0.1, -0.05) is 0 Å². The van der Waals surface area contributed by atoms with Gasteiger partial charge >= 0.3 is 5.97 Å². The fourth-order valence-electron chi connectivity index (χ4n) is 1.74. The number of furan rings is 1. The van der Waals surface area contributed by atoms with Crippen LogP contribution < -0.4 is 4.72 Å². The van der Waals surface area contributed by atoms with Gasteiger partial charge in [-0.3, -0.25) is 0 Å². The second kappa shape index (κ2) is 6.35. The highest BCUT2D eigenvalue weighted by atomic mass is 32.2. The lowest BCUT2D eigenvalue weighted by atomic mass is 10.2. The van der Waals surface area contributed by atoms with E-state index in [4.69, 9.17) is 14.6 Å². The predicted molar refractivity (Wildman–Crippen MR) is 67.8 cm³/mol. The molecule has 8 nitrogen and oxygen atoms in total. The van der Waals surface area contributed by atoms with Gasteiger partial charge in [0.25, 0.3) is 0 Å². The first kappa shape index (κ1) is 16.6. The Hall–Kier alpha value is -1.42. The van der Waals surface area contributed by atoms with Crippen molar-refractivity contribution in [3.8, 4) is 0 Å². The Kier molecular flexibility index (Phi) is 5.28. The van der Waals surface area contributed by atoms with Crippen LogP contribution in [0.2, 0.25) is 0 Å². The van der Waals surface area contributed by atoms with Crippen LogP contribution >= 0.6 is 0 Å². The van der Waals surface area contributed by atoms with E-state index >= 15 is 0 Å². The number of aliphatic hydroxyl groups excluding tert-OH is 2. The summed E-state index contributed by atoms with van der Waals surface area (Å²) in [5.41, 5.74) is -0.202. The Morgan fingerprint density at radius 1 is 1.30 bits per heavy atom. The molecule has 20 heavy (non-hydrogen) atoms. The molecule has 3 N–H and O–H groups in total. The van der Waals surface area contributed by atoms with Crippen LogP contribution in [0.25, 0.3) is 0 Å². The second-order valence-electron chi connectivity index (χ2n) is 4.09. The molecule has 9 heteroatoms. The van der Waals surface area contributed by atoms with Crippen molar-refractivity contribution in [3.63, 3.8) is 0 Å². The van der Waals surface area contributed by atoms with Crippen LogP contribution in [0.4, 0.5) is 0 Å². The second-order valence-corrected chi connectivity index (χ2v) is 5.74. The molecule has 0 bridgehead atoms. The first-order valence-corrected chi connectivity index (χ1v) is 7.19. The number of methoxy groups -OCH3 is 1. The molecule has 0 aliphatic carbocycles. The molecule has 0 aliphatic rings. The molecule has 0 fully saturated rings. The summed E-state index contributed by atoms with van der Waals surface area (Å²) in [6.45, 7) is 1.66. The summed E-state index contributed by atoms with van der Waals surface area (Å²) >= 11 is 0. The Labute approximate surface area is 116 Å². The van der Waals surface area contributed by atoms with Crippen LogP contribution in [0.15, 0.2) is 9.31 Å². The Balaban J connectivity index is 3.35. The molecule has 1 heterocycles. The third-order valence-corrected chi connectivity index (χ3v) is 4.30. The van der Waals surface area contributed by atoms with Gasteiger partial charge in [0.1, 0.15) is 22.0 Å². The Morgan fingerprint density at radius 3 is 2.30 bits per heavy atom. The summed E-state index contributed by atoms with van der Waals surface area (Å²) in [6.07, 6.45) is 0. The van der Waals surface area contributed by atoms with Crippen LogP contribution in [-0.4, -0.2) is 51.0 Å². The largest absolute Gasteiger partial charge is 0.465 e. The SMILES string of the molecule is COC(=O)c1c(C)oc(C)c1S(=O)(=O)NC(CO)CO. The van der Waals surface area contributed by atoms with E-state index in [0.717, 1.165) is 7.11 Å². The normalized spacial score (nSPS) is 11.9. The molecule has 0 aliphatic heterocycles. The van der Waals surface area contributed by atoms with Gasteiger partial charge in [-0.25, -0.2) is 17.9 Å². The smallest absolute Gasteiger partial charge is 0.342 e. The number of esters is 1. The monoisotopic (exact) mass is 307 g/mol. The lowest BCUT2D eigenvalue weighted by molar-refractivity contribution is 0.0595. The number of hydrogen-bond acceptors (Lipinski definition) is 7. The van der Waals surface area contributed by atoms with Gasteiger partial charge in [0, 0.05) is 0 Å². The summed E-state index contributed by atoms with van der Waals surface area (Å²) in [4.78, 5) is 11.3. The number of carbonyl (C=O) groups excluding carboxylic acids is 1. The van der Waals surface area contributed by atoms with E-state index in [0.29, 0.717) is 0 Å². The van der Waals surface area contributed by atoms with E-state index in [9.17, 15) is 13.2 Å². The van der Waals surface area contributed by atoms with Crippen molar-refractivity contribution in [2.75, 3.05) is 20.3 Å². The van der Waals surface area contributed by atoms with Crippen molar-refractivity contribution in [1.82, 2.24) is 4.72 Å². The van der Waals surface area contributed by atoms with Crippen LogP contribution in [0.1, 0.15) is 21.9 Å². The average Bonchev–Trinajstić information content (AvgIpc) is 2.70. The number of aliphatic hydroxyl groups is 2. The molecular formula is C11H17NO7S. The van der Waals surface area contributed by atoms with Crippen molar-refractivity contribution in [2.24, 2.45) is 0 Å². The molecule has 0 saturated carbocycles. The van der Waals surface area contributed by atoms with Gasteiger partial charge in [0.15, 0.2) is 0 Å². The molecule has 0 spiro atoms. The summed E-state index contributed by atoms with van der Waals surface area (Å²) in [5, 5.41) is 17.9. The summed E-state index contributed by atoms with van der Waals surface area (Å²) in [5.74, 6) is -0.714. The maximum Gasteiger partial charge on any atom is 0.342 e. The molecule has 0 unspecified atom stereocenters. The first-order chi connectivity index (χ1) is 9.28. The van der Waals surface area contributed by atoms with Crippen molar-refractivity contribution in [1.29, 1.82) is 0 Å². The molecule has 1 rings (SSSR count). The highest BCUT2D eigenvalue weighted by Crippen LogP contribution is 2.27. The number of ether oxygens (including phenoxy) is 1. The van der Waals surface area contributed by atoms with E-state index in [1.165, 1.54) is 13.8 Å². The Bertz CT molecular complexity index is 586. The van der Waals surface area contributed by atoms with E-state index in [2.05, 4.69) is 9.46 Å². The minimum absolute atomic E-state index is 0.0185. The number of nitrogens with one attached hydrogen (secondary N) is 1. The van der Waals surface area contributed by atoms with Gasteiger partial charge in [-0.05, 0) is 13.8 Å². The van der Waals surface area contributed by atoms with Gasteiger partial charge in [0.05, 0.1) is 26.4 Å². The van der Waals surface area contributed by atoms with E-state index in [1.807, 2.05) is 0 Å².